The first-order valence-corrected chi connectivity index (χ1v) is 21.9. The molecule has 0 radical (unpaired) electrons. The summed E-state index contributed by atoms with van der Waals surface area (Å²) in [6.45, 7) is 2.84. The van der Waals surface area contributed by atoms with Gasteiger partial charge in [-0.05, 0) is 45.7 Å². The van der Waals surface area contributed by atoms with Gasteiger partial charge in [-0.3, -0.25) is 28.9 Å². The molecule has 1 N–H and O–H groups in total. The zero-order valence-corrected chi connectivity index (χ0v) is 37.0. The number of aliphatic hydroxyl groups is 1. The van der Waals surface area contributed by atoms with Crippen molar-refractivity contribution in [2.45, 2.75) is 102 Å². The van der Waals surface area contributed by atoms with E-state index in [-0.39, 0.29) is 37.6 Å². The summed E-state index contributed by atoms with van der Waals surface area (Å²) in [5, 5.41) is 13.9. The summed E-state index contributed by atoms with van der Waals surface area (Å²) in [6, 6.07) is 36.6. The predicted octanol–water partition coefficient (Wildman–Crippen LogP) is 5.45. The SMILES string of the molecule is CC(=O)OC[C@H]1OC(O[C@H]2[C@H](OCc3ccccc3)[C@@H](N3C(=O)c4ccccc4C3=O)[C@H](O)O[C@@H]2COCc2ccccc2)[C@H](OC(C)=O)[C@@H](OCc2ccc3ccccc3c2)[C@@H]1OC(C)=O. The van der Waals surface area contributed by atoms with Crippen LogP contribution >= 0.6 is 0 Å². The smallest absolute Gasteiger partial charge is 0.303 e. The molecule has 3 aliphatic heterocycles. The predicted molar refractivity (Wildman–Crippen MR) is 237 cm³/mol. The molecule has 67 heavy (non-hydrogen) atoms. The van der Waals surface area contributed by atoms with Crippen molar-refractivity contribution < 1.29 is 71.7 Å². The van der Waals surface area contributed by atoms with E-state index in [0.717, 1.165) is 26.8 Å². The molecular weight excluding hydrogens is 867 g/mol. The van der Waals surface area contributed by atoms with Gasteiger partial charge in [0.1, 0.15) is 43.2 Å². The lowest BCUT2D eigenvalue weighted by Crippen LogP contribution is -2.69. The van der Waals surface area contributed by atoms with E-state index in [2.05, 4.69) is 0 Å². The number of hydrogen-bond acceptors (Lipinski definition) is 15. The second-order valence-corrected chi connectivity index (χ2v) is 16.4. The van der Waals surface area contributed by atoms with Crippen molar-refractivity contribution in [2.24, 2.45) is 0 Å². The fourth-order valence-corrected chi connectivity index (χ4v) is 8.62. The number of amides is 2. The maximum atomic E-state index is 14.2. The lowest BCUT2D eigenvalue weighted by atomic mass is 9.93. The van der Waals surface area contributed by atoms with Crippen molar-refractivity contribution in [3.8, 4) is 0 Å². The van der Waals surface area contributed by atoms with Gasteiger partial charge in [0.25, 0.3) is 11.8 Å². The average molecular weight is 918 g/mol. The largest absolute Gasteiger partial charge is 0.463 e. The summed E-state index contributed by atoms with van der Waals surface area (Å²) in [4.78, 5) is 67.4. The number of rotatable bonds is 17. The van der Waals surface area contributed by atoms with Crippen LogP contribution in [0.15, 0.2) is 127 Å². The maximum absolute atomic E-state index is 14.2. The lowest BCUT2D eigenvalue weighted by Gasteiger charge is -2.50. The molecule has 16 nitrogen and oxygen atoms in total. The quantitative estimate of drug-likeness (QED) is 0.0704. The van der Waals surface area contributed by atoms with Crippen LogP contribution in [0.25, 0.3) is 10.8 Å². The number of nitrogens with zero attached hydrogens (tertiary/aromatic N) is 1. The highest BCUT2D eigenvalue weighted by atomic mass is 16.8. The van der Waals surface area contributed by atoms with Gasteiger partial charge in [0, 0.05) is 20.8 Å². The van der Waals surface area contributed by atoms with E-state index in [1.165, 1.54) is 32.9 Å². The second-order valence-electron chi connectivity index (χ2n) is 16.4. The van der Waals surface area contributed by atoms with Crippen molar-refractivity contribution >= 4 is 40.5 Å². The maximum Gasteiger partial charge on any atom is 0.303 e. The van der Waals surface area contributed by atoms with Crippen LogP contribution in [0.5, 0.6) is 0 Å². The highest BCUT2D eigenvalue weighted by Crippen LogP contribution is 2.38. The van der Waals surface area contributed by atoms with Crippen LogP contribution in [0.2, 0.25) is 0 Å². The number of benzene rings is 5. The van der Waals surface area contributed by atoms with Gasteiger partial charge in [0.15, 0.2) is 24.8 Å². The summed E-state index contributed by atoms with van der Waals surface area (Å²) in [5.74, 6) is -3.57. The summed E-state index contributed by atoms with van der Waals surface area (Å²) in [6.07, 6.45) is -12.9. The summed E-state index contributed by atoms with van der Waals surface area (Å²) < 4.78 is 56.4. The van der Waals surface area contributed by atoms with E-state index in [0.29, 0.717) is 5.56 Å². The molecule has 10 atom stereocenters. The van der Waals surface area contributed by atoms with Crippen molar-refractivity contribution in [1.29, 1.82) is 0 Å². The van der Waals surface area contributed by atoms with E-state index in [1.807, 2.05) is 103 Å². The Morgan fingerprint density at radius 3 is 1.75 bits per heavy atom. The Balaban J connectivity index is 1.20. The van der Waals surface area contributed by atoms with Crippen LogP contribution in [-0.4, -0.2) is 114 Å². The Bertz CT molecular complexity index is 2500. The highest BCUT2D eigenvalue weighted by molar-refractivity contribution is 6.21. The van der Waals surface area contributed by atoms with E-state index < -0.39 is 97.7 Å². The molecule has 0 aromatic heterocycles. The molecule has 0 bridgehead atoms. The van der Waals surface area contributed by atoms with Gasteiger partial charge in [-0.15, -0.1) is 0 Å². The molecule has 2 saturated heterocycles. The molecule has 1 unspecified atom stereocenters. The van der Waals surface area contributed by atoms with Crippen molar-refractivity contribution in [1.82, 2.24) is 4.90 Å². The number of aliphatic hydroxyl groups excluding tert-OH is 1. The molecule has 2 amide bonds. The Morgan fingerprint density at radius 2 is 1.10 bits per heavy atom. The molecule has 8 rings (SSSR count). The van der Waals surface area contributed by atoms with Crippen LogP contribution in [0.3, 0.4) is 0 Å². The van der Waals surface area contributed by atoms with Crippen molar-refractivity contribution in [2.75, 3.05) is 13.2 Å². The number of carbonyl (C=O) groups is 5. The fourth-order valence-electron chi connectivity index (χ4n) is 8.62. The van der Waals surface area contributed by atoms with E-state index in [1.54, 1.807) is 12.1 Å². The number of hydrogen-bond donors (Lipinski definition) is 1. The Labute approximate surface area is 386 Å². The minimum Gasteiger partial charge on any atom is -0.463 e. The van der Waals surface area contributed by atoms with Gasteiger partial charge in [0.2, 0.25) is 0 Å². The monoisotopic (exact) mass is 917 g/mol. The van der Waals surface area contributed by atoms with E-state index >= 15 is 0 Å². The van der Waals surface area contributed by atoms with Gasteiger partial charge >= 0.3 is 17.9 Å². The average Bonchev–Trinajstić information content (AvgIpc) is 3.57. The molecule has 16 heteroatoms. The minimum atomic E-state index is -1.83. The highest BCUT2D eigenvalue weighted by Gasteiger charge is 2.58. The molecule has 5 aromatic carbocycles. The minimum absolute atomic E-state index is 0.0721. The van der Waals surface area contributed by atoms with Gasteiger partial charge in [-0.1, -0.05) is 109 Å². The zero-order chi connectivity index (χ0) is 47.0. The van der Waals surface area contributed by atoms with Gasteiger partial charge < -0.3 is 47.7 Å². The molecule has 3 heterocycles. The second kappa shape index (κ2) is 21.5. The van der Waals surface area contributed by atoms with Gasteiger partial charge in [-0.2, -0.15) is 0 Å². The van der Waals surface area contributed by atoms with E-state index in [9.17, 15) is 29.1 Å². The van der Waals surface area contributed by atoms with Crippen LogP contribution in [0.1, 0.15) is 58.2 Å². The number of ether oxygens (including phenoxy) is 9. The van der Waals surface area contributed by atoms with Gasteiger partial charge in [-0.25, -0.2) is 0 Å². The van der Waals surface area contributed by atoms with Crippen LogP contribution in [-0.2, 0) is 76.8 Å². The summed E-state index contributed by atoms with van der Waals surface area (Å²) >= 11 is 0. The number of carbonyl (C=O) groups excluding carboxylic acids is 5. The number of imide groups is 1. The molecule has 2 fully saturated rings. The molecule has 0 aliphatic carbocycles. The third-order valence-electron chi connectivity index (χ3n) is 11.6. The standard InChI is InChI=1S/C51H51NO15/c1-30(53)60-29-41-44(63-31(2)54)46(62-27-35-22-23-36-18-10-11-19-37(36)24-35)47(64-32(3)55)51(66-41)67-43-40(28-59-25-33-14-6-4-7-15-33)65-50(58)42(45(43)61-26-34-16-8-5-9-17-34)52-48(56)38-20-12-13-21-39(38)49(52)57/h4-24,40-47,50-51,58H,25-29H2,1-3H3/t40-,41-,42-,43-,44-,45-,46+,47-,50-,51?/m1/s1. The number of esters is 3. The topological polar surface area (TPSA) is 192 Å². The molecule has 350 valence electrons. The molecule has 0 saturated carbocycles. The molecular formula is C51H51NO15. The third kappa shape index (κ3) is 11.1. The zero-order valence-electron chi connectivity index (χ0n) is 37.0. The summed E-state index contributed by atoms with van der Waals surface area (Å²) in [7, 11) is 0. The fraction of sp³-hybridized carbons (Fsp3) is 0.353. The van der Waals surface area contributed by atoms with Crippen molar-refractivity contribution in [3.63, 3.8) is 0 Å². The summed E-state index contributed by atoms with van der Waals surface area (Å²) in [5.41, 5.74) is 2.51. The van der Waals surface area contributed by atoms with Gasteiger partial charge in [0.05, 0.1) is 37.6 Å². The Kier molecular flexibility index (Phi) is 15.1. The van der Waals surface area contributed by atoms with Crippen LogP contribution in [0, 0.1) is 0 Å². The van der Waals surface area contributed by atoms with Crippen molar-refractivity contribution in [3.05, 3.63) is 155 Å². The third-order valence-corrected chi connectivity index (χ3v) is 11.6. The van der Waals surface area contributed by atoms with E-state index in [4.69, 9.17) is 42.6 Å². The Hall–Kier alpha value is -6.37. The van der Waals surface area contributed by atoms with Crippen LogP contribution < -0.4 is 0 Å². The molecule has 0 spiro atoms. The number of fused-ring (bicyclic) bond motifs is 2. The lowest BCUT2D eigenvalue weighted by molar-refractivity contribution is -0.356. The van der Waals surface area contributed by atoms with Crippen LogP contribution in [0.4, 0.5) is 0 Å². The first-order chi connectivity index (χ1) is 32.4. The first-order valence-electron chi connectivity index (χ1n) is 21.9. The normalized spacial score (nSPS) is 25.9. The Morgan fingerprint density at radius 1 is 0.552 bits per heavy atom. The first kappa shape index (κ1) is 47.1. The molecule has 5 aromatic rings. The molecule has 3 aliphatic rings.